The fraction of sp³-hybridized carbons (Fsp3) is 0.0769. The predicted molar refractivity (Wildman–Crippen MR) is 65.4 cm³/mol. The van der Waals surface area contributed by atoms with Crippen LogP contribution in [0, 0.1) is 0 Å². The molecule has 0 spiro atoms. The van der Waals surface area contributed by atoms with Crippen LogP contribution >= 0.6 is 11.6 Å². The van der Waals surface area contributed by atoms with Gasteiger partial charge in [0, 0.05) is 11.1 Å². The smallest absolute Gasteiger partial charge is 0.148 e. The van der Waals surface area contributed by atoms with Crippen LogP contribution in [-0.4, -0.2) is 0 Å². The average Bonchev–Trinajstić information content (AvgIpc) is 2.30. The van der Waals surface area contributed by atoms with E-state index in [1.54, 1.807) is 6.07 Å². The monoisotopic (exact) mass is 233 g/mol. The Morgan fingerprint density at radius 2 is 1.81 bits per heavy atom. The molecule has 0 aliphatic carbocycles. The van der Waals surface area contributed by atoms with E-state index in [2.05, 4.69) is 5.48 Å². The third kappa shape index (κ3) is 3.26. The zero-order valence-electron chi connectivity index (χ0n) is 8.69. The van der Waals surface area contributed by atoms with Crippen LogP contribution in [0.2, 0.25) is 5.02 Å². The second-order valence-corrected chi connectivity index (χ2v) is 3.80. The summed E-state index contributed by atoms with van der Waals surface area (Å²) in [6.07, 6.45) is 0. The summed E-state index contributed by atoms with van der Waals surface area (Å²) >= 11 is 5.83. The molecule has 2 aromatic carbocycles. The highest BCUT2D eigenvalue weighted by molar-refractivity contribution is 6.30. The first kappa shape index (κ1) is 11.0. The van der Waals surface area contributed by atoms with Gasteiger partial charge in [-0.3, -0.25) is 0 Å². The molecular weight excluding hydrogens is 222 g/mol. The maximum Gasteiger partial charge on any atom is 0.148 e. The average molecular weight is 234 g/mol. The number of halogens is 1. The Morgan fingerprint density at radius 3 is 2.56 bits per heavy atom. The summed E-state index contributed by atoms with van der Waals surface area (Å²) in [5.41, 5.74) is 4.06. The molecular formula is C13H12ClNO. The van der Waals surface area contributed by atoms with Crippen molar-refractivity contribution in [1.82, 2.24) is 5.48 Å². The lowest BCUT2D eigenvalue weighted by atomic mass is 10.2. The third-order valence-corrected chi connectivity index (χ3v) is 2.34. The van der Waals surface area contributed by atoms with E-state index < -0.39 is 0 Å². The van der Waals surface area contributed by atoms with Gasteiger partial charge in [0.05, 0.1) is 6.54 Å². The quantitative estimate of drug-likeness (QED) is 0.817. The van der Waals surface area contributed by atoms with Crippen LogP contribution in [0.25, 0.3) is 0 Å². The van der Waals surface area contributed by atoms with Crippen LogP contribution in [-0.2, 0) is 6.54 Å². The third-order valence-electron chi connectivity index (χ3n) is 2.11. The zero-order chi connectivity index (χ0) is 11.2. The van der Waals surface area contributed by atoms with Gasteiger partial charge in [0.15, 0.2) is 0 Å². The van der Waals surface area contributed by atoms with Crippen LogP contribution in [0.5, 0.6) is 5.75 Å². The molecule has 0 aliphatic heterocycles. The molecule has 0 aromatic heterocycles. The molecule has 0 heterocycles. The summed E-state index contributed by atoms with van der Waals surface area (Å²) in [5, 5.41) is 0.666. The molecule has 2 nitrogen and oxygen atoms in total. The van der Waals surface area contributed by atoms with Crippen molar-refractivity contribution in [3.05, 3.63) is 65.2 Å². The Balaban J connectivity index is 1.85. The molecule has 0 saturated heterocycles. The lowest BCUT2D eigenvalue weighted by Gasteiger charge is -2.07. The van der Waals surface area contributed by atoms with Gasteiger partial charge in [0.1, 0.15) is 5.75 Å². The van der Waals surface area contributed by atoms with Gasteiger partial charge in [0.25, 0.3) is 0 Å². The van der Waals surface area contributed by atoms with Crippen molar-refractivity contribution in [2.24, 2.45) is 0 Å². The van der Waals surface area contributed by atoms with E-state index in [1.807, 2.05) is 48.5 Å². The van der Waals surface area contributed by atoms with Crippen LogP contribution in [0.1, 0.15) is 5.56 Å². The number of benzene rings is 2. The van der Waals surface area contributed by atoms with Gasteiger partial charge in [0.2, 0.25) is 0 Å². The second-order valence-electron chi connectivity index (χ2n) is 3.37. The number of nitrogens with one attached hydrogen (secondary N) is 1. The Hall–Kier alpha value is -1.51. The summed E-state index contributed by atoms with van der Waals surface area (Å²) in [6.45, 7) is 0.660. The maximum atomic E-state index is 5.83. The lowest BCUT2D eigenvalue weighted by Crippen LogP contribution is -2.17. The van der Waals surface area contributed by atoms with E-state index >= 15 is 0 Å². The highest BCUT2D eigenvalue weighted by Crippen LogP contribution is 2.16. The fourth-order valence-corrected chi connectivity index (χ4v) is 1.51. The van der Waals surface area contributed by atoms with Crippen LogP contribution in [0.15, 0.2) is 54.6 Å². The summed E-state index contributed by atoms with van der Waals surface area (Å²) in [4.78, 5) is 5.36. The highest BCUT2D eigenvalue weighted by Gasteiger charge is 1.95. The molecule has 0 atom stereocenters. The zero-order valence-corrected chi connectivity index (χ0v) is 9.45. The normalized spacial score (nSPS) is 10.1. The van der Waals surface area contributed by atoms with Gasteiger partial charge in [-0.1, -0.05) is 48.0 Å². The van der Waals surface area contributed by atoms with Crippen LogP contribution in [0.4, 0.5) is 0 Å². The van der Waals surface area contributed by atoms with E-state index in [9.17, 15) is 0 Å². The predicted octanol–water partition coefficient (Wildman–Crippen LogP) is 3.42. The summed E-state index contributed by atoms with van der Waals surface area (Å²) in [7, 11) is 0. The topological polar surface area (TPSA) is 21.3 Å². The number of rotatable bonds is 4. The van der Waals surface area contributed by atoms with Gasteiger partial charge in [-0.15, -0.1) is 0 Å². The number of hydroxylamine groups is 1. The highest BCUT2D eigenvalue weighted by atomic mass is 35.5. The molecule has 0 bridgehead atoms. The molecule has 0 unspecified atom stereocenters. The van der Waals surface area contributed by atoms with E-state index in [1.165, 1.54) is 5.56 Å². The van der Waals surface area contributed by atoms with Gasteiger partial charge < -0.3 is 4.84 Å². The largest absolute Gasteiger partial charge is 0.408 e. The van der Waals surface area contributed by atoms with E-state index in [4.69, 9.17) is 16.4 Å². The van der Waals surface area contributed by atoms with Crippen molar-refractivity contribution in [2.45, 2.75) is 6.54 Å². The molecule has 82 valence electrons. The van der Waals surface area contributed by atoms with Crippen molar-refractivity contribution >= 4 is 11.6 Å². The number of hydrogen-bond donors (Lipinski definition) is 1. The van der Waals surface area contributed by atoms with E-state index in [0.29, 0.717) is 17.3 Å². The molecule has 16 heavy (non-hydrogen) atoms. The van der Waals surface area contributed by atoms with Gasteiger partial charge in [-0.2, -0.15) is 5.48 Å². The summed E-state index contributed by atoms with van der Waals surface area (Å²) in [6, 6.07) is 17.3. The summed E-state index contributed by atoms with van der Waals surface area (Å²) < 4.78 is 0. The molecule has 0 amide bonds. The van der Waals surface area contributed by atoms with Crippen LogP contribution < -0.4 is 10.3 Å². The van der Waals surface area contributed by atoms with Crippen molar-refractivity contribution < 1.29 is 4.84 Å². The SMILES string of the molecule is Clc1cccc(ONCc2ccccc2)c1. The van der Waals surface area contributed by atoms with Gasteiger partial charge >= 0.3 is 0 Å². The molecule has 1 N–H and O–H groups in total. The van der Waals surface area contributed by atoms with Crippen molar-refractivity contribution in [1.29, 1.82) is 0 Å². The first-order valence-electron chi connectivity index (χ1n) is 5.04. The van der Waals surface area contributed by atoms with E-state index in [-0.39, 0.29) is 0 Å². The van der Waals surface area contributed by atoms with Gasteiger partial charge in [-0.25, -0.2) is 0 Å². The Bertz CT molecular complexity index is 445. The minimum Gasteiger partial charge on any atom is -0.408 e. The fourth-order valence-electron chi connectivity index (χ4n) is 1.33. The lowest BCUT2D eigenvalue weighted by molar-refractivity contribution is 0.191. The van der Waals surface area contributed by atoms with Gasteiger partial charge in [-0.05, 0) is 17.7 Å². The molecule has 2 rings (SSSR count). The van der Waals surface area contributed by atoms with Crippen LogP contribution in [0.3, 0.4) is 0 Å². The molecule has 2 aromatic rings. The Morgan fingerprint density at radius 1 is 1.00 bits per heavy atom. The molecule has 0 radical (unpaired) electrons. The standard InChI is InChI=1S/C13H12ClNO/c14-12-7-4-8-13(9-12)16-15-10-11-5-2-1-3-6-11/h1-9,15H,10H2. The Labute approximate surface area is 99.8 Å². The molecule has 0 aliphatic rings. The summed E-state index contributed by atoms with van der Waals surface area (Å²) in [5.74, 6) is 0.712. The first-order valence-corrected chi connectivity index (χ1v) is 5.41. The first-order chi connectivity index (χ1) is 7.84. The van der Waals surface area contributed by atoms with Crippen molar-refractivity contribution in [3.8, 4) is 5.75 Å². The Kier molecular flexibility index (Phi) is 3.81. The maximum absolute atomic E-state index is 5.83. The van der Waals surface area contributed by atoms with Crippen molar-refractivity contribution in [3.63, 3.8) is 0 Å². The molecule has 0 saturated carbocycles. The molecule has 0 fully saturated rings. The minimum atomic E-state index is 0.660. The van der Waals surface area contributed by atoms with E-state index in [0.717, 1.165) is 0 Å². The second kappa shape index (κ2) is 5.54. The van der Waals surface area contributed by atoms with Crippen molar-refractivity contribution in [2.75, 3.05) is 0 Å². The minimum absolute atomic E-state index is 0.660. The molecule has 3 heteroatoms. The number of hydrogen-bond acceptors (Lipinski definition) is 2.